The number of hydrogen-bond acceptors (Lipinski definition) is 4. The average molecular weight is 254 g/mol. The largest absolute Gasteiger partial charge is 0.465 e. The van der Waals surface area contributed by atoms with Gasteiger partial charge in [-0.25, -0.2) is 0 Å². The van der Waals surface area contributed by atoms with Gasteiger partial charge in [-0.2, -0.15) is 0 Å². The van der Waals surface area contributed by atoms with Gasteiger partial charge in [0.1, 0.15) is 0 Å². The number of rotatable bonds is 7. The number of carbonyl (C=O) groups excluding carboxylic acids is 1. The zero-order valence-corrected chi connectivity index (χ0v) is 11.1. The summed E-state index contributed by atoms with van der Waals surface area (Å²) in [4.78, 5) is 11.9. The van der Waals surface area contributed by atoms with Crippen molar-refractivity contribution in [3.05, 3.63) is 0 Å². The minimum Gasteiger partial charge on any atom is -0.465 e. The van der Waals surface area contributed by atoms with Crippen LogP contribution in [0.15, 0.2) is 0 Å². The first-order valence-corrected chi connectivity index (χ1v) is 7.28. The molecule has 0 aromatic heterocycles. The lowest BCUT2D eigenvalue weighted by Gasteiger charge is -2.15. The van der Waals surface area contributed by atoms with Crippen molar-refractivity contribution < 1.29 is 19.0 Å². The van der Waals surface area contributed by atoms with Crippen LogP contribution < -0.4 is 0 Å². The minimum absolute atomic E-state index is 0.0150. The third kappa shape index (κ3) is 2.05. The fourth-order valence-corrected chi connectivity index (χ4v) is 3.01. The van der Waals surface area contributed by atoms with Crippen molar-refractivity contribution in [1.82, 2.24) is 0 Å². The van der Waals surface area contributed by atoms with Gasteiger partial charge in [-0.15, -0.1) is 0 Å². The molecule has 0 radical (unpaired) electrons. The van der Waals surface area contributed by atoms with E-state index in [1.54, 1.807) is 0 Å². The molecule has 1 atom stereocenters. The Morgan fingerprint density at radius 3 is 2.72 bits per heavy atom. The van der Waals surface area contributed by atoms with Crippen LogP contribution in [0.5, 0.6) is 0 Å². The van der Waals surface area contributed by atoms with Gasteiger partial charge >= 0.3 is 5.97 Å². The van der Waals surface area contributed by atoms with Gasteiger partial charge in [0.25, 0.3) is 0 Å². The van der Waals surface area contributed by atoms with Crippen LogP contribution >= 0.6 is 0 Å². The van der Waals surface area contributed by atoms with E-state index in [1.165, 1.54) is 19.3 Å². The summed E-state index contributed by atoms with van der Waals surface area (Å²) in [5.74, 6) is -0.696. The van der Waals surface area contributed by atoms with Crippen molar-refractivity contribution >= 4 is 5.97 Å². The summed E-state index contributed by atoms with van der Waals surface area (Å²) in [6, 6.07) is 0. The van der Waals surface area contributed by atoms with Crippen LogP contribution in [0.3, 0.4) is 0 Å². The quantitative estimate of drug-likeness (QED) is 0.398. The van der Waals surface area contributed by atoms with E-state index < -0.39 is 0 Å². The molecule has 102 valence electrons. The fourth-order valence-electron chi connectivity index (χ4n) is 3.01. The zero-order valence-electron chi connectivity index (χ0n) is 11.1. The summed E-state index contributed by atoms with van der Waals surface area (Å²) < 4.78 is 16.3. The van der Waals surface area contributed by atoms with Gasteiger partial charge < -0.3 is 14.2 Å². The highest BCUT2D eigenvalue weighted by Crippen LogP contribution is 2.75. The summed E-state index contributed by atoms with van der Waals surface area (Å²) in [6.45, 7) is 2.77. The van der Waals surface area contributed by atoms with Crippen molar-refractivity contribution in [3.63, 3.8) is 0 Å². The Morgan fingerprint density at radius 1 is 1.22 bits per heavy atom. The number of ether oxygens (including phenoxy) is 3. The van der Waals surface area contributed by atoms with Gasteiger partial charge in [-0.3, -0.25) is 4.79 Å². The second-order valence-electron chi connectivity index (χ2n) is 5.73. The molecule has 0 bridgehead atoms. The van der Waals surface area contributed by atoms with E-state index in [0.717, 1.165) is 25.7 Å². The minimum atomic E-state index is -0.365. The molecule has 1 aliphatic carbocycles. The monoisotopic (exact) mass is 254 g/mol. The molecule has 3 rings (SSSR count). The molecule has 0 aromatic carbocycles. The molecule has 2 saturated heterocycles. The lowest BCUT2D eigenvalue weighted by Crippen LogP contribution is -2.24. The number of hydrogen-bond donors (Lipinski definition) is 0. The highest BCUT2D eigenvalue weighted by atomic mass is 17.0. The molecule has 1 saturated carbocycles. The molecule has 0 amide bonds. The summed E-state index contributed by atoms with van der Waals surface area (Å²) in [5.41, 5.74) is 0. The van der Waals surface area contributed by atoms with Crippen molar-refractivity contribution in [2.75, 3.05) is 6.61 Å². The van der Waals surface area contributed by atoms with E-state index in [9.17, 15) is 4.79 Å². The molecule has 18 heavy (non-hydrogen) atoms. The number of carbonyl (C=O) groups is 1. The van der Waals surface area contributed by atoms with Crippen LogP contribution in [0.1, 0.15) is 58.3 Å². The number of esters is 1. The molecule has 2 aliphatic heterocycles. The van der Waals surface area contributed by atoms with Gasteiger partial charge in [0.2, 0.25) is 11.6 Å². The summed E-state index contributed by atoms with van der Waals surface area (Å²) in [6.07, 6.45) is 8.29. The second kappa shape index (κ2) is 4.49. The first kappa shape index (κ1) is 12.4. The standard InChI is InChI=1S/C14H22O4/c1-2-3-4-5-6-9-16-12(15)11-7-8-13-14(10-11,17-13)18-13/h11H,2-10H2,1H3. The number of unbranched alkanes of at least 4 members (excludes halogenated alkanes) is 4. The highest BCUT2D eigenvalue weighted by Gasteiger charge is 2.91. The predicted octanol–water partition coefficient (Wildman–Crippen LogP) is 2.75. The van der Waals surface area contributed by atoms with Crippen LogP contribution in [-0.4, -0.2) is 24.2 Å². The Kier molecular flexibility index (Phi) is 3.10. The molecule has 0 spiro atoms. The summed E-state index contributed by atoms with van der Waals surface area (Å²) in [5, 5.41) is 0. The zero-order chi connectivity index (χ0) is 12.6. The van der Waals surface area contributed by atoms with Crippen molar-refractivity contribution in [2.45, 2.75) is 69.9 Å². The third-order valence-electron chi connectivity index (χ3n) is 4.32. The normalized spacial score (nSPS) is 39.7. The van der Waals surface area contributed by atoms with Gasteiger partial charge in [0, 0.05) is 12.8 Å². The molecular formula is C14H22O4. The maximum atomic E-state index is 11.9. The molecular weight excluding hydrogens is 232 g/mol. The molecule has 0 N–H and O–H groups in total. The SMILES string of the molecule is CCCCCCCOC(=O)C1CCC23OC2(C1)O3. The fraction of sp³-hybridized carbons (Fsp3) is 0.929. The summed E-state index contributed by atoms with van der Waals surface area (Å²) in [7, 11) is 0. The van der Waals surface area contributed by atoms with Gasteiger partial charge in [-0.1, -0.05) is 32.6 Å². The Morgan fingerprint density at radius 2 is 2.00 bits per heavy atom. The van der Waals surface area contributed by atoms with Gasteiger partial charge in [0.15, 0.2) is 0 Å². The third-order valence-corrected chi connectivity index (χ3v) is 4.32. The van der Waals surface area contributed by atoms with Crippen LogP contribution in [0.25, 0.3) is 0 Å². The van der Waals surface area contributed by atoms with Gasteiger partial charge in [-0.05, 0) is 12.8 Å². The molecule has 4 heteroatoms. The summed E-state index contributed by atoms with van der Waals surface area (Å²) >= 11 is 0. The van der Waals surface area contributed by atoms with E-state index in [0.29, 0.717) is 13.0 Å². The highest BCUT2D eigenvalue weighted by molar-refractivity contribution is 5.73. The van der Waals surface area contributed by atoms with E-state index in [-0.39, 0.29) is 23.5 Å². The Balaban J connectivity index is 1.30. The molecule has 3 aliphatic rings. The number of epoxide rings is 2. The average Bonchev–Trinajstić information content (AvgIpc) is 3.18. The van der Waals surface area contributed by atoms with Gasteiger partial charge in [0.05, 0.1) is 12.5 Å². The lowest BCUT2D eigenvalue weighted by molar-refractivity contribution is -0.150. The van der Waals surface area contributed by atoms with Crippen LogP contribution in [0, 0.1) is 5.92 Å². The van der Waals surface area contributed by atoms with E-state index in [4.69, 9.17) is 14.2 Å². The molecule has 1 unspecified atom stereocenters. The topological polar surface area (TPSA) is 51.4 Å². The van der Waals surface area contributed by atoms with Crippen LogP contribution in [0.4, 0.5) is 0 Å². The maximum absolute atomic E-state index is 11.9. The first-order chi connectivity index (χ1) is 8.71. The lowest BCUT2D eigenvalue weighted by atomic mass is 9.89. The van der Waals surface area contributed by atoms with E-state index in [1.807, 2.05) is 0 Å². The Hall–Kier alpha value is -0.610. The Labute approximate surface area is 108 Å². The van der Waals surface area contributed by atoms with E-state index in [2.05, 4.69) is 6.92 Å². The molecule has 0 aromatic rings. The second-order valence-corrected chi connectivity index (χ2v) is 5.73. The predicted molar refractivity (Wildman–Crippen MR) is 64.7 cm³/mol. The van der Waals surface area contributed by atoms with Crippen LogP contribution in [0.2, 0.25) is 0 Å². The molecule has 4 nitrogen and oxygen atoms in total. The molecule has 2 heterocycles. The van der Waals surface area contributed by atoms with Crippen LogP contribution in [-0.2, 0) is 19.0 Å². The van der Waals surface area contributed by atoms with Crippen molar-refractivity contribution in [1.29, 1.82) is 0 Å². The Bertz CT molecular complexity index is 333. The first-order valence-electron chi connectivity index (χ1n) is 7.28. The molecule has 3 fully saturated rings. The smallest absolute Gasteiger partial charge is 0.309 e. The van der Waals surface area contributed by atoms with Crippen molar-refractivity contribution in [2.24, 2.45) is 5.92 Å². The van der Waals surface area contributed by atoms with E-state index >= 15 is 0 Å². The maximum Gasteiger partial charge on any atom is 0.309 e. The van der Waals surface area contributed by atoms with Crippen molar-refractivity contribution in [3.8, 4) is 0 Å².